The highest BCUT2D eigenvalue weighted by molar-refractivity contribution is 7.13. The van der Waals surface area contributed by atoms with Crippen LogP contribution in [0.2, 0.25) is 0 Å². The van der Waals surface area contributed by atoms with Crippen LogP contribution < -0.4 is 11.1 Å². The molecule has 3 N–H and O–H groups in total. The summed E-state index contributed by atoms with van der Waals surface area (Å²) in [6.07, 6.45) is 0. The van der Waals surface area contributed by atoms with Gasteiger partial charge in [-0.15, -0.1) is 23.7 Å². The zero-order valence-corrected chi connectivity index (χ0v) is 11.9. The average molecular weight is 320 g/mol. The lowest BCUT2D eigenvalue weighted by atomic mass is 10.1. The number of benzene rings is 1. The maximum atomic E-state index is 13.2. The molecule has 1 aromatic carbocycles. The summed E-state index contributed by atoms with van der Waals surface area (Å²) in [5.41, 5.74) is 7.37. The molecular formula is C12H12ClF2N3OS. The average Bonchev–Trinajstić information content (AvgIpc) is 2.88. The van der Waals surface area contributed by atoms with Crippen molar-refractivity contribution in [3.63, 3.8) is 0 Å². The normalized spacial score (nSPS) is 9.95. The van der Waals surface area contributed by atoms with Crippen LogP contribution in [0.4, 0.5) is 8.78 Å². The van der Waals surface area contributed by atoms with Gasteiger partial charge in [0.05, 0.1) is 10.4 Å². The molecular weight excluding hydrogens is 308 g/mol. The molecule has 1 amide bonds. The monoisotopic (exact) mass is 319 g/mol. The number of aromatic nitrogens is 1. The number of nitrogens with zero attached hydrogens (tertiary/aromatic N) is 1. The molecule has 8 heteroatoms. The molecule has 0 aliphatic carbocycles. The van der Waals surface area contributed by atoms with E-state index in [-0.39, 0.29) is 24.0 Å². The van der Waals surface area contributed by atoms with Crippen molar-refractivity contribution in [3.05, 3.63) is 41.0 Å². The highest BCUT2D eigenvalue weighted by Gasteiger charge is 2.17. The van der Waals surface area contributed by atoms with E-state index in [0.717, 1.165) is 12.1 Å². The van der Waals surface area contributed by atoms with Crippen molar-refractivity contribution in [2.45, 2.75) is 0 Å². The number of nitrogens with two attached hydrogens (primary N) is 1. The van der Waals surface area contributed by atoms with Gasteiger partial charge in [0.15, 0.2) is 11.6 Å². The van der Waals surface area contributed by atoms with Crippen molar-refractivity contribution in [1.82, 2.24) is 10.3 Å². The van der Waals surface area contributed by atoms with E-state index in [2.05, 4.69) is 10.3 Å². The minimum absolute atomic E-state index is 0. The number of nitrogens with one attached hydrogen (secondary N) is 1. The number of thiazole rings is 1. The topological polar surface area (TPSA) is 68.0 Å². The summed E-state index contributed by atoms with van der Waals surface area (Å²) in [5.74, 6) is -2.27. The smallest absolute Gasteiger partial charge is 0.271 e. The fraction of sp³-hybridized carbons (Fsp3) is 0.167. The Hall–Kier alpha value is -1.57. The van der Waals surface area contributed by atoms with Crippen LogP contribution in [0.5, 0.6) is 0 Å². The SMILES string of the molecule is Cl.NCCNC(=O)c1ncsc1-c1ccc(F)c(F)c1. The van der Waals surface area contributed by atoms with E-state index >= 15 is 0 Å². The third-order valence-electron chi connectivity index (χ3n) is 2.39. The van der Waals surface area contributed by atoms with Crippen LogP contribution in [0.3, 0.4) is 0 Å². The summed E-state index contributed by atoms with van der Waals surface area (Å²) in [4.78, 5) is 16.3. The molecule has 1 aromatic heterocycles. The van der Waals surface area contributed by atoms with E-state index in [1.165, 1.54) is 22.9 Å². The molecule has 2 aromatic rings. The van der Waals surface area contributed by atoms with Crippen LogP contribution in [0.1, 0.15) is 10.5 Å². The van der Waals surface area contributed by atoms with Gasteiger partial charge in [0.25, 0.3) is 5.91 Å². The Morgan fingerprint density at radius 1 is 1.35 bits per heavy atom. The number of hydrogen-bond donors (Lipinski definition) is 2. The van der Waals surface area contributed by atoms with Gasteiger partial charge in [-0.05, 0) is 17.7 Å². The molecule has 0 unspecified atom stereocenters. The molecule has 0 bridgehead atoms. The van der Waals surface area contributed by atoms with E-state index in [1.54, 1.807) is 0 Å². The second-order valence-electron chi connectivity index (χ2n) is 3.70. The molecule has 0 atom stereocenters. The molecule has 0 saturated heterocycles. The summed E-state index contributed by atoms with van der Waals surface area (Å²) in [6.45, 7) is 0.643. The molecule has 2 rings (SSSR count). The number of carbonyl (C=O) groups is 1. The van der Waals surface area contributed by atoms with Gasteiger partial charge in [-0.3, -0.25) is 4.79 Å². The molecule has 0 spiro atoms. The maximum absolute atomic E-state index is 13.2. The van der Waals surface area contributed by atoms with Gasteiger partial charge in [0, 0.05) is 13.1 Å². The van der Waals surface area contributed by atoms with Crippen molar-refractivity contribution in [2.75, 3.05) is 13.1 Å². The maximum Gasteiger partial charge on any atom is 0.271 e. The standard InChI is InChI=1S/C12H11F2N3OS.ClH/c13-8-2-1-7(5-9(8)14)11-10(17-6-19-11)12(18)16-4-3-15;/h1-2,5-6H,3-4,15H2,(H,16,18);1H. The minimum atomic E-state index is -0.959. The van der Waals surface area contributed by atoms with E-state index in [4.69, 9.17) is 5.73 Å². The molecule has 1 heterocycles. The number of halogens is 3. The second-order valence-corrected chi connectivity index (χ2v) is 4.56. The lowest BCUT2D eigenvalue weighted by Gasteiger charge is -2.04. The third-order valence-corrected chi connectivity index (χ3v) is 3.27. The Labute approximate surface area is 124 Å². The van der Waals surface area contributed by atoms with Crippen LogP contribution >= 0.6 is 23.7 Å². The zero-order chi connectivity index (χ0) is 13.8. The summed E-state index contributed by atoms with van der Waals surface area (Å²) in [7, 11) is 0. The van der Waals surface area contributed by atoms with Crippen molar-refractivity contribution in [1.29, 1.82) is 0 Å². The first-order valence-electron chi connectivity index (χ1n) is 5.50. The molecule has 0 fully saturated rings. The first-order valence-corrected chi connectivity index (χ1v) is 6.38. The Morgan fingerprint density at radius 2 is 2.10 bits per heavy atom. The van der Waals surface area contributed by atoms with E-state index in [1.807, 2.05) is 0 Å². The van der Waals surface area contributed by atoms with Gasteiger partial charge in [-0.25, -0.2) is 13.8 Å². The molecule has 0 aliphatic heterocycles. The fourth-order valence-corrected chi connectivity index (χ4v) is 2.30. The summed E-state index contributed by atoms with van der Waals surface area (Å²) >= 11 is 1.19. The quantitative estimate of drug-likeness (QED) is 0.908. The van der Waals surface area contributed by atoms with Crippen molar-refractivity contribution < 1.29 is 13.6 Å². The van der Waals surface area contributed by atoms with Gasteiger partial charge in [0.1, 0.15) is 5.69 Å². The van der Waals surface area contributed by atoms with Gasteiger partial charge in [0.2, 0.25) is 0 Å². The van der Waals surface area contributed by atoms with Gasteiger partial charge in [-0.2, -0.15) is 0 Å². The number of amides is 1. The first-order chi connectivity index (χ1) is 9.13. The van der Waals surface area contributed by atoms with Crippen LogP contribution in [-0.4, -0.2) is 24.0 Å². The summed E-state index contributed by atoms with van der Waals surface area (Å²) < 4.78 is 26.1. The molecule has 0 aliphatic rings. The lowest BCUT2D eigenvalue weighted by molar-refractivity contribution is 0.0951. The van der Waals surface area contributed by atoms with Gasteiger partial charge >= 0.3 is 0 Å². The molecule has 4 nitrogen and oxygen atoms in total. The van der Waals surface area contributed by atoms with Crippen molar-refractivity contribution >= 4 is 29.7 Å². The predicted molar refractivity (Wildman–Crippen MR) is 76.1 cm³/mol. The minimum Gasteiger partial charge on any atom is -0.349 e. The number of rotatable bonds is 4. The highest BCUT2D eigenvalue weighted by Crippen LogP contribution is 2.28. The van der Waals surface area contributed by atoms with Crippen molar-refractivity contribution in [2.24, 2.45) is 5.73 Å². The van der Waals surface area contributed by atoms with Crippen LogP contribution in [0, 0.1) is 11.6 Å². The number of carbonyl (C=O) groups excluding carboxylic acids is 1. The van der Waals surface area contributed by atoms with Crippen LogP contribution in [0.15, 0.2) is 23.7 Å². The molecule has 20 heavy (non-hydrogen) atoms. The zero-order valence-electron chi connectivity index (χ0n) is 10.2. The Balaban J connectivity index is 0.00000200. The lowest BCUT2D eigenvalue weighted by Crippen LogP contribution is -2.29. The summed E-state index contributed by atoms with van der Waals surface area (Å²) in [5, 5.41) is 2.58. The van der Waals surface area contributed by atoms with E-state index in [9.17, 15) is 13.6 Å². The van der Waals surface area contributed by atoms with E-state index in [0.29, 0.717) is 23.5 Å². The van der Waals surface area contributed by atoms with Crippen LogP contribution in [-0.2, 0) is 0 Å². The molecule has 0 saturated carbocycles. The van der Waals surface area contributed by atoms with Gasteiger partial charge in [-0.1, -0.05) is 6.07 Å². The second kappa shape index (κ2) is 7.28. The fourth-order valence-electron chi connectivity index (χ4n) is 1.52. The van der Waals surface area contributed by atoms with Crippen LogP contribution in [0.25, 0.3) is 10.4 Å². The van der Waals surface area contributed by atoms with Crippen molar-refractivity contribution in [3.8, 4) is 10.4 Å². The molecule has 0 radical (unpaired) electrons. The Kier molecular flexibility index (Phi) is 6.00. The summed E-state index contributed by atoms with van der Waals surface area (Å²) in [6, 6.07) is 3.47. The molecule has 108 valence electrons. The van der Waals surface area contributed by atoms with E-state index < -0.39 is 11.6 Å². The Bertz CT molecular complexity index is 606. The van der Waals surface area contributed by atoms with Gasteiger partial charge < -0.3 is 11.1 Å². The third kappa shape index (κ3) is 3.50. The highest BCUT2D eigenvalue weighted by atomic mass is 35.5. The predicted octanol–water partition coefficient (Wildman–Crippen LogP) is 2.20. The number of hydrogen-bond acceptors (Lipinski definition) is 4. The Morgan fingerprint density at radius 3 is 2.75 bits per heavy atom. The first kappa shape index (κ1) is 16.5. The largest absolute Gasteiger partial charge is 0.349 e.